The van der Waals surface area contributed by atoms with Gasteiger partial charge in [-0.05, 0) is 48.5 Å². The van der Waals surface area contributed by atoms with Crippen molar-refractivity contribution in [2.75, 3.05) is 19.1 Å². The second-order valence-corrected chi connectivity index (χ2v) is 9.27. The van der Waals surface area contributed by atoms with Crippen LogP contribution >= 0.6 is 0 Å². The van der Waals surface area contributed by atoms with E-state index in [2.05, 4.69) is 4.72 Å². The monoisotopic (exact) mass is 440 g/mol. The first kappa shape index (κ1) is 21.0. The van der Waals surface area contributed by atoms with Crippen LogP contribution in [0.3, 0.4) is 0 Å². The number of pyridine rings is 1. The van der Waals surface area contributed by atoms with E-state index in [-0.39, 0.29) is 17.1 Å². The number of sulfonamides is 1. The van der Waals surface area contributed by atoms with Crippen LogP contribution in [0.25, 0.3) is 11.1 Å². The van der Waals surface area contributed by atoms with Crippen molar-refractivity contribution in [3.05, 3.63) is 87.6 Å². The van der Waals surface area contributed by atoms with Crippen molar-refractivity contribution >= 4 is 21.4 Å². The van der Waals surface area contributed by atoms with E-state index in [1.807, 2.05) is 6.07 Å². The zero-order chi connectivity index (χ0) is 22.3. The fraction of sp³-hybridized carbons (Fsp3) is 0.182. The maximum absolute atomic E-state index is 13.5. The van der Waals surface area contributed by atoms with Crippen LogP contribution in [0.1, 0.15) is 16.7 Å². The number of hydrogen-bond acceptors (Lipinski definition) is 5. The predicted molar refractivity (Wildman–Crippen MR) is 119 cm³/mol. The molecule has 2 heterocycles. The molecule has 1 N–H and O–H groups in total. The maximum Gasteiger partial charge on any atom is 0.252 e. The van der Waals surface area contributed by atoms with Gasteiger partial charge in [0.1, 0.15) is 5.82 Å². The Morgan fingerprint density at radius 1 is 1.00 bits per heavy atom. The Bertz CT molecular complexity index is 1360. The number of anilines is 1. The van der Waals surface area contributed by atoms with Gasteiger partial charge < -0.3 is 4.57 Å². The highest BCUT2D eigenvalue weighted by Crippen LogP contribution is 2.37. The molecule has 0 saturated heterocycles. The van der Waals surface area contributed by atoms with Gasteiger partial charge in [0.15, 0.2) is 0 Å². The first-order chi connectivity index (χ1) is 14.7. The zero-order valence-corrected chi connectivity index (χ0v) is 18.1. The Morgan fingerprint density at radius 2 is 1.71 bits per heavy atom. The van der Waals surface area contributed by atoms with Crippen molar-refractivity contribution in [1.82, 2.24) is 9.29 Å². The molecule has 0 fully saturated rings. The molecule has 0 amide bonds. The number of nitrogens with one attached hydrogen (secondary N) is 1. The minimum absolute atomic E-state index is 0.184. The third-order valence-corrected chi connectivity index (χ3v) is 6.56. The van der Waals surface area contributed by atoms with Crippen molar-refractivity contribution < 1.29 is 12.8 Å². The fourth-order valence-electron chi connectivity index (χ4n) is 3.58. The van der Waals surface area contributed by atoms with E-state index in [4.69, 9.17) is 5.10 Å². The van der Waals surface area contributed by atoms with Crippen LogP contribution in [0.5, 0.6) is 0 Å². The van der Waals surface area contributed by atoms with E-state index in [1.165, 1.54) is 29.8 Å². The molecular formula is C22H21FN4O3S. The number of aryl methyl sites for hydroxylation is 1. The number of nitrogens with zero attached hydrogens (tertiary/aromatic N) is 3. The van der Waals surface area contributed by atoms with Crippen LogP contribution in [-0.4, -0.2) is 32.8 Å². The van der Waals surface area contributed by atoms with Crippen LogP contribution in [0.2, 0.25) is 0 Å². The van der Waals surface area contributed by atoms with E-state index in [1.54, 1.807) is 49.6 Å². The summed E-state index contributed by atoms with van der Waals surface area (Å²) in [5, 5.41) is 6.31. The number of aromatic nitrogens is 1. The standard InChI is InChI=1S/C22H21FN4O3S/c1-24-31(29,30)13-14-4-9-17-18(10-14)19-12-26(2)21(28)11-20(19)27(3)25-22(17)15-5-7-16(23)8-6-15/h4-12,24H,13H2,1-3H3. The summed E-state index contributed by atoms with van der Waals surface area (Å²) >= 11 is 0. The molecule has 0 spiro atoms. The third kappa shape index (κ3) is 4.01. The zero-order valence-electron chi connectivity index (χ0n) is 17.3. The SMILES string of the molecule is CNS(=O)(=O)Cc1ccc2c(c1)-c1cn(C)c(=O)cc1N(C)N=C2c1ccc(F)cc1. The second-order valence-electron chi connectivity index (χ2n) is 7.34. The Kier molecular flexibility index (Phi) is 5.24. The van der Waals surface area contributed by atoms with Gasteiger partial charge in [-0.1, -0.05) is 12.1 Å². The topological polar surface area (TPSA) is 83.8 Å². The smallest absolute Gasteiger partial charge is 0.252 e. The van der Waals surface area contributed by atoms with Crippen molar-refractivity contribution in [2.45, 2.75) is 5.75 Å². The van der Waals surface area contributed by atoms with E-state index in [0.717, 1.165) is 16.7 Å². The number of benzene rings is 2. The Balaban J connectivity index is 2.00. The van der Waals surface area contributed by atoms with Gasteiger partial charge in [0.2, 0.25) is 10.0 Å². The lowest BCUT2D eigenvalue weighted by atomic mass is 9.92. The lowest BCUT2D eigenvalue weighted by Crippen LogP contribution is -2.20. The molecule has 1 aromatic heterocycles. The summed E-state index contributed by atoms with van der Waals surface area (Å²) in [5.74, 6) is -0.540. The molecule has 4 rings (SSSR count). The molecule has 0 unspecified atom stereocenters. The van der Waals surface area contributed by atoms with Gasteiger partial charge >= 0.3 is 0 Å². The molecule has 7 nitrogen and oxygen atoms in total. The number of fused-ring (bicyclic) bond motifs is 3. The molecule has 1 aliphatic rings. The predicted octanol–water partition coefficient (Wildman–Crippen LogP) is 2.44. The summed E-state index contributed by atoms with van der Waals surface area (Å²) < 4.78 is 41.5. The van der Waals surface area contributed by atoms with Crippen molar-refractivity contribution in [2.24, 2.45) is 12.1 Å². The summed E-state index contributed by atoms with van der Waals surface area (Å²) in [4.78, 5) is 12.3. The summed E-state index contributed by atoms with van der Waals surface area (Å²) in [6.07, 6.45) is 1.71. The number of hydrazone groups is 1. The van der Waals surface area contributed by atoms with Crippen LogP contribution in [-0.2, 0) is 22.8 Å². The van der Waals surface area contributed by atoms with Crippen LogP contribution in [0.15, 0.2) is 64.6 Å². The molecule has 160 valence electrons. The molecule has 31 heavy (non-hydrogen) atoms. The highest BCUT2D eigenvalue weighted by atomic mass is 32.2. The summed E-state index contributed by atoms with van der Waals surface area (Å²) in [6, 6.07) is 12.8. The Morgan fingerprint density at radius 3 is 2.39 bits per heavy atom. The van der Waals surface area contributed by atoms with E-state index in [0.29, 0.717) is 22.5 Å². The van der Waals surface area contributed by atoms with Gasteiger partial charge in [0.05, 0.1) is 17.2 Å². The first-order valence-electron chi connectivity index (χ1n) is 9.52. The average molecular weight is 441 g/mol. The molecule has 3 aromatic rings. The van der Waals surface area contributed by atoms with Crippen LogP contribution in [0, 0.1) is 5.82 Å². The minimum Gasteiger partial charge on any atom is -0.318 e. The fourth-order valence-corrected chi connectivity index (χ4v) is 4.34. The average Bonchev–Trinajstić information content (AvgIpc) is 2.84. The van der Waals surface area contributed by atoms with Gasteiger partial charge in [-0.3, -0.25) is 9.80 Å². The second kappa shape index (κ2) is 7.75. The normalized spacial score (nSPS) is 13.3. The molecule has 1 aliphatic heterocycles. The maximum atomic E-state index is 13.5. The van der Waals surface area contributed by atoms with Gasteiger partial charge in [-0.15, -0.1) is 0 Å². The molecule has 0 atom stereocenters. The highest BCUT2D eigenvalue weighted by molar-refractivity contribution is 7.88. The van der Waals surface area contributed by atoms with Crippen molar-refractivity contribution in [1.29, 1.82) is 0 Å². The minimum atomic E-state index is -3.47. The Labute approximate surface area is 179 Å². The van der Waals surface area contributed by atoms with Gasteiger partial charge in [-0.2, -0.15) is 5.10 Å². The molecular weight excluding hydrogens is 419 g/mol. The molecule has 0 bridgehead atoms. The van der Waals surface area contributed by atoms with Crippen molar-refractivity contribution in [3.8, 4) is 11.1 Å². The van der Waals surface area contributed by atoms with Gasteiger partial charge in [0.25, 0.3) is 5.56 Å². The molecule has 0 aliphatic carbocycles. The van der Waals surface area contributed by atoms with E-state index in [9.17, 15) is 17.6 Å². The molecule has 9 heteroatoms. The first-order valence-corrected chi connectivity index (χ1v) is 11.2. The lowest BCUT2D eigenvalue weighted by Gasteiger charge is -2.16. The van der Waals surface area contributed by atoms with Crippen LogP contribution < -0.4 is 15.3 Å². The van der Waals surface area contributed by atoms with Crippen LogP contribution in [0.4, 0.5) is 10.1 Å². The lowest BCUT2D eigenvalue weighted by molar-refractivity contribution is 0.587. The summed E-state index contributed by atoms with van der Waals surface area (Å²) in [6.45, 7) is 0. The summed E-state index contributed by atoms with van der Waals surface area (Å²) in [5.41, 5.74) is 4.51. The summed E-state index contributed by atoms with van der Waals surface area (Å²) in [7, 11) is 1.30. The van der Waals surface area contributed by atoms with E-state index < -0.39 is 10.0 Å². The third-order valence-electron chi connectivity index (χ3n) is 5.22. The molecule has 2 aromatic carbocycles. The van der Waals surface area contributed by atoms with Gasteiger partial charge in [-0.25, -0.2) is 17.5 Å². The quantitative estimate of drug-likeness (QED) is 0.676. The number of halogens is 1. The van der Waals surface area contributed by atoms with Crippen molar-refractivity contribution in [3.63, 3.8) is 0 Å². The largest absolute Gasteiger partial charge is 0.318 e. The number of hydrogen-bond donors (Lipinski definition) is 1. The Hall–Kier alpha value is -3.30. The number of rotatable bonds is 4. The highest BCUT2D eigenvalue weighted by Gasteiger charge is 2.24. The molecule has 0 saturated carbocycles. The molecule has 0 radical (unpaired) electrons. The van der Waals surface area contributed by atoms with Gasteiger partial charge in [0, 0.05) is 43.0 Å². The van der Waals surface area contributed by atoms with E-state index >= 15 is 0 Å².